The molecule has 5 heteroatoms. The molecular weight excluding hydrogens is 366 g/mol. The van der Waals surface area contributed by atoms with Crippen molar-refractivity contribution in [2.24, 2.45) is 10.8 Å². The van der Waals surface area contributed by atoms with E-state index < -0.39 is 10.8 Å². The van der Waals surface area contributed by atoms with Gasteiger partial charge in [-0.3, -0.25) is 9.69 Å². The molecule has 0 amide bonds. The third-order valence-electron chi connectivity index (χ3n) is 5.88. The second-order valence-electron chi connectivity index (χ2n) is 8.73. The third-order valence-corrected chi connectivity index (χ3v) is 6.24. The summed E-state index contributed by atoms with van der Waals surface area (Å²) in [5.41, 5.74) is 1.45. The molecule has 0 aromatic heterocycles. The van der Waals surface area contributed by atoms with Gasteiger partial charge in [-0.05, 0) is 43.8 Å². The van der Waals surface area contributed by atoms with E-state index in [0.29, 0.717) is 24.0 Å². The Morgan fingerprint density at radius 3 is 2.04 bits per heavy atom. The number of rotatable bonds is 3. The van der Waals surface area contributed by atoms with Gasteiger partial charge in [0.05, 0.1) is 10.8 Å². The van der Waals surface area contributed by atoms with Crippen molar-refractivity contribution in [1.82, 2.24) is 9.80 Å². The molecule has 0 unspecified atom stereocenters. The number of nitrogens with zero attached hydrogens (tertiary/aromatic N) is 2. The van der Waals surface area contributed by atoms with Crippen molar-refractivity contribution >= 4 is 28.8 Å². The lowest BCUT2D eigenvalue weighted by atomic mass is 9.64. The Balaban J connectivity index is 1.51. The van der Waals surface area contributed by atoms with Gasteiger partial charge in [-0.1, -0.05) is 48.5 Å². The highest BCUT2D eigenvalue weighted by molar-refractivity contribution is 7.80. The largest absolute Gasteiger partial charge is 0.347 e. The summed E-state index contributed by atoms with van der Waals surface area (Å²) in [7, 11) is 0. The smallest absolute Gasteiger partial charge is 0.173 e. The van der Waals surface area contributed by atoms with Gasteiger partial charge >= 0.3 is 0 Å². The summed E-state index contributed by atoms with van der Waals surface area (Å²) in [6, 6.07) is 20.5. The molecule has 2 aliphatic rings. The predicted octanol–water partition coefficient (Wildman–Crippen LogP) is 3.80. The monoisotopic (exact) mass is 393 g/mol. The average molecular weight is 394 g/mol. The zero-order valence-electron chi connectivity index (χ0n) is 16.5. The Morgan fingerprint density at radius 1 is 0.929 bits per heavy atom. The number of ketones is 1. The molecule has 2 saturated heterocycles. The first-order chi connectivity index (χ1) is 13.4. The van der Waals surface area contributed by atoms with Crippen molar-refractivity contribution < 1.29 is 4.79 Å². The van der Waals surface area contributed by atoms with Crippen LogP contribution in [-0.2, 0) is 11.3 Å². The first-order valence-electron chi connectivity index (χ1n) is 9.80. The Kier molecular flexibility index (Phi) is 4.98. The molecule has 2 heterocycles. The second kappa shape index (κ2) is 7.30. The fourth-order valence-electron chi connectivity index (χ4n) is 4.88. The second-order valence-corrected chi connectivity index (χ2v) is 9.12. The topological polar surface area (TPSA) is 35.6 Å². The molecular formula is C23H27N3OS. The van der Waals surface area contributed by atoms with E-state index >= 15 is 0 Å². The number of thiocarbonyl (C=S) groups is 1. The van der Waals surface area contributed by atoms with Gasteiger partial charge in [0.25, 0.3) is 0 Å². The molecule has 2 atom stereocenters. The number of hydrogen-bond donors (Lipinski definition) is 1. The van der Waals surface area contributed by atoms with Gasteiger partial charge < -0.3 is 10.2 Å². The molecule has 2 aromatic carbocycles. The first-order valence-corrected chi connectivity index (χ1v) is 10.2. The van der Waals surface area contributed by atoms with E-state index in [1.54, 1.807) is 0 Å². The van der Waals surface area contributed by atoms with E-state index in [-0.39, 0.29) is 0 Å². The number of benzene rings is 2. The number of piperidine rings is 2. The fraction of sp³-hybridized carbons (Fsp3) is 0.391. The Morgan fingerprint density at radius 2 is 1.46 bits per heavy atom. The van der Waals surface area contributed by atoms with Gasteiger partial charge in [0.1, 0.15) is 0 Å². The van der Waals surface area contributed by atoms with Crippen molar-refractivity contribution in [2.45, 2.75) is 20.4 Å². The molecule has 4 rings (SSSR count). The highest BCUT2D eigenvalue weighted by Gasteiger charge is 2.56. The molecule has 0 aliphatic carbocycles. The van der Waals surface area contributed by atoms with E-state index in [0.717, 1.165) is 25.3 Å². The summed E-state index contributed by atoms with van der Waals surface area (Å²) >= 11 is 5.70. The quantitative estimate of drug-likeness (QED) is 0.803. The molecule has 2 aromatic rings. The van der Waals surface area contributed by atoms with Crippen molar-refractivity contribution in [1.29, 1.82) is 0 Å². The number of likely N-dealkylation sites (tertiary alicyclic amines) is 2. The lowest BCUT2D eigenvalue weighted by Gasteiger charge is -2.55. The van der Waals surface area contributed by atoms with Gasteiger partial charge in [0.2, 0.25) is 0 Å². The maximum absolute atomic E-state index is 13.3. The van der Waals surface area contributed by atoms with E-state index in [9.17, 15) is 4.79 Å². The van der Waals surface area contributed by atoms with E-state index in [2.05, 4.69) is 53.2 Å². The number of Topliss-reactive ketones (excluding diaryl/α,β-unsaturated/α-hetero) is 1. The van der Waals surface area contributed by atoms with Crippen molar-refractivity contribution in [2.75, 3.05) is 31.5 Å². The Bertz CT molecular complexity index is 848. The lowest BCUT2D eigenvalue weighted by molar-refractivity contribution is -0.154. The number of fused-ring (bicyclic) bond motifs is 2. The molecule has 0 spiro atoms. The van der Waals surface area contributed by atoms with Crippen LogP contribution in [0.4, 0.5) is 5.69 Å². The molecule has 28 heavy (non-hydrogen) atoms. The number of nitrogens with one attached hydrogen (secondary N) is 1. The van der Waals surface area contributed by atoms with Crippen LogP contribution in [0.15, 0.2) is 60.7 Å². The van der Waals surface area contributed by atoms with E-state index in [4.69, 9.17) is 12.2 Å². The number of carbonyl (C=O) groups is 1. The maximum atomic E-state index is 13.3. The molecule has 2 fully saturated rings. The van der Waals surface area contributed by atoms with Gasteiger partial charge in [0, 0.05) is 38.4 Å². The summed E-state index contributed by atoms with van der Waals surface area (Å²) in [6.07, 6.45) is 0. The van der Waals surface area contributed by atoms with Crippen LogP contribution in [0.1, 0.15) is 19.4 Å². The van der Waals surface area contributed by atoms with Gasteiger partial charge in [-0.2, -0.15) is 0 Å². The van der Waals surface area contributed by atoms with Crippen LogP contribution in [0.25, 0.3) is 0 Å². The van der Waals surface area contributed by atoms with Crippen molar-refractivity contribution in [3.63, 3.8) is 0 Å². The van der Waals surface area contributed by atoms with Crippen LogP contribution in [0.5, 0.6) is 0 Å². The minimum Gasteiger partial charge on any atom is -0.347 e. The zero-order chi connectivity index (χ0) is 19.8. The molecule has 2 bridgehead atoms. The summed E-state index contributed by atoms with van der Waals surface area (Å²) in [5.74, 6) is 0.378. The van der Waals surface area contributed by atoms with Crippen LogP contribution in [0.2, 0.25) is 0 Å². The average Bonchev–Trinajstić information content (AvgIpc) is 2.66. The van der Waals surface area contributed by atoms with Gasteiger partial charge in [-0.25, -0.2) is 0 Å². The number of carbonyl (C=O) groups excluding carboxylic acids is 1. The van der Waals surface area contributed by atoms with Gasteiger partial charge in [0.15, 0.2) is 10.9 Å². The molecule has 0 saturated carbocycles. The van der Waals surface area contributed by atoms with E-state index in [1.807, 2.05) is 36.4 Å². The lowest BCUT2D eigenvalue weighted by Crippen LogP contribution is -2.69. The van der Waals surface area contributed by atoms with E-state index in [1.165, 1.54) is 5.56 Å². The minimum atomic E-state index is -0.414. The summed E-state index contributed by atoms with van der Waals surface area (Å²) in [4.78, 5) is 17.9. The summed E-state index contributed by atoms with van der Waals surface area (Å²) in [5, 5.41) is 4.04. The van der Waals surface area contributed by atoms with Crippen LogP contribution >= 0.6 is 12.2 Å². The number of anilines is 1. The summed E-state index contributed by atoms with van der Waals surface area (Å²) in [6.45, 7) is 7.92. The standard InChI is InChI=1S/C23H27N3OS/c1-22-14-25(13-18-9-5-3-6-10-18)15-23(2,20(22)27)17-26(16-22)21(28)24-19-11-7-4-8-12-19/h3-12H,13-17H2,1-2H3,(H,24,28)/t22-,23-/m1/s1. The molecule has 1 N–H and O–H groups in total. The molecule has 0 radical (unpaired) electrons. The van der Waals surface area contributed by atoms with Crippen LogP contribution in [0, 0.1) is 10.8 Å². The van der Waals surface area contributed by atoms with Crippen LogP contribution in [-0.4, -0.2) is 46.9 Å². The highest BCUT2D eigenvalue weighted by Crippen LogP contribution is 2.42. The van der Waals surface area contributed by atoms with Gasteiger partial charge in [-0.15, -0.1) is 0 Å². The zero-order valence-corrected chi connectivity index (χ0v) is 17.3. The Labute approximate surface area is 172 Å². The normalized spacial score (nSPS) is 27.5. The number of para-hydroxylation sites is 1. The SMILES string of the molecule is C[C@@]12CN(Cc3ccccc3)C[C@](C)(CN(C(=S)Nc3ccccc3)C1)C2=O. The van der Waals surface area contributed by atoms with Crippen molar-refractivity contribution in [3.05, 3.63) is 66.2 Å². The predicted molar refractivity (Wildman–Crippen MR) is 117 cm³/mol. The first kappa shape index (κ1) is 19.1. The van der Waals surface area contributed by atoms with Crippen LogP contribution in [0.3, 0.4) is 0 Å². The van der Waals surface area contributed by atoms with Crippen molar-refractivity contribution in [3.8, 4) is 0 Å². The molecule has 2 aliphatic heterocycles. The molecule has 4 nitrogen and oxygen atoms in total. The minimum absolute atomic E-state index is 0.378. The summed E-state index contributed by atoms with van der Waals surface area (Å²) < 4.78 is 0. The number of hydrogen-bond acceptors (Lipinski definition) is 3. The molecule has 146 valence electrons. The third kappa shape index (κ3) is 3.69. The Hall–Kier alpha value is -2.24. The fourth-order valence-corrected chi connectivity index (χ4v) is 5.13. The highest BCUT2D eigenvalue weighted by atomic mass is 32.1. The maximum Gasteiger partial charge on any atom is 0.173 e. The van der Waals surface area contributed by atoms with Crippen LogP contribution < -0.4 is 5.32 Å².